The van der Waals surface area contributed by atoms with Crippen LogP contribution >= 0.6 is 0 Å². The second kappa shape index (κ2) is 6.53. The first-order valence-corrected chi connectivity index (χ1v) is 5.71. The molecule has 98 valence electrons. The van der Waals surface area contributed by atoms with Gasteiger partial charge in [-0.15, -0.1) is 0 Å². The number of carbonyl (C=O) groups is 2. The first kappa shape index (κ1) is 18.2. The van der Waals surface area contributed by atoms with Gasteiger partial charge in [-0.05, 0) is 18.6 Å². The smallest absolute Gasteiger partial charge is 0.163 e. The summed E-state index contributed by atoms with van der Waals surface area (Å²) >= 11 is 0. The Hall–Kier alpha value is -1.18. The topological polar surface area (TPSA) is 34.1 Å². The molecule has 2 heteroatoms. The summed E-state index contributed by atoms with van der Waals surface area (Å²) in [6, 6.07) is 0. The molecule has 0 saturated heterocycles. The van der Waals surface area contributed by atoms with Gasteiger partial charge in [-0.1, -0.05) is 54.7 Å². The molecule has 0 saturated carbocycles. The predicted molar refractivity (Wildman–Crippen MR) is 73.9 cm³/mol. The van der Waals surface area contributed by atoms with Gasteiger partial charge >= 0.3 is 0 Å². The molecule has 0 fully saturated rings. The molecule has 0 aromatic carbocycles. The molecule has 0 unspecified atom stereocenters. The average molecular weight is 238 g/mol. The molecule has 0 bridgehead atoms. The molecule has 0 atom stereocenters. The number of allylic oxidation sites excluding steroid dienone is 2. The number of ketones is 2. The van der Waals surface area contributed by atoms with Gasteiger partial charge in [0.1, 0.15) is 0 Å². The van der Waals surface area contributed by atoms with Crippen molar-refractivity contribution < 1.29 is 9.59 Å². The SMILES string of the molecule is C=C(C)C(=O)C(C)(C)C.C=CC(=O)C(C)(C)C. The minimum atomic E-state index is -0.258. The second-order valence-electron chi connectivity index (χ2n) is 6.18. The Labute approximate surface area is 106 Å². The van der Waals surface area contributed by atoms with Crippen LogP contribution in [0.4, 0.5) is 0 Å². The normalized spacial score (nSPS) is 11.0. The number of Topliss-reactive ketones (excluding diaryl/α,β-unsaturated/α-hetero) is 1. The Morgan fingerprint density at radius 2 is 1.29 bits per heavy atom. The zero-order chi connectivity index (χ0) is 14.4. The highest BCUT2D eigenvalue weighted by Crippen LogP contribution is 2.18. The van der Waals surface area contributed by atoms with E-state index in [9.17, 15) is 9.59 Å². The van der Waals surface area contributed by atoms with E-state index in [1.165, 1.54) is 6.08 Å². The van der Waals surface area contributed by atoms with Crippen molar-refractivity contribution in [2.24, 2.45) is 10.8 Å². The van der Waals surface area contributed by atoms with Crippen LogP contribution in [0.25, 0.3) is 0 Å². The molecule has 0 heterocycles. The maximum absolute atomic E-state index is 11.1. The summed E-state index contributed by atoms with van der Waals surface area (Å²) in [6.07, 6.45) is 1.36. The Kier molecular flexibility index (Phi) is 6.99. The lowest BCUT2D eigenvalue weighted by Crippen LogP contribution is -2.20. The fourth-order valence-electron chi connectivity index (χ4n) is 0.946. The summed E-state index contributed by atoms with van der Waals surface area (Å²) in [7, 11) is 0. The van der Waals surface area contributed by atoms with Gasteiger partial charge in [0.05, 0.1) is 0 Å². The van der Waals surface area contributed by atoms with Crippen molar-refractivity contribution in [2.45, 2.75) is 48.5 Å². The fourth-order valence-corrected chi connectivity index (χ4v) is 0.946. The van der Waals surface area contributed by atoms with Crippen molar-refractivity contribution in [1.82, 2.24) is 0 Å². The monoisotopic (exact) mass is 238 g/mol. The van der Waals surface area contributed by atoms with Crippen molar-refractivity contribution in [3.05, 3.63) is 24.8 Å². The first-order chi connectivity index (χ1) is 7.34. The standard InChI is InChI=1S/C8H14O.C7H12O/c1-6(2)7(9)8(3,4)5;1-5-6(8)7(2,3)4/h1H2,2-5H3;5H,1H2,2-4H3. The molecular formula is C15H26O2. The van der Waals surface area contributed by atoms with E-state index >= 15 is 0 Å². The first-order valence-electron chi connectivity index (χ1n) is 5.71. The third-order valence-corrected chi connectivity index (χ3v) is 1.99. The van der Waals surface area contributed by atoms with Gasteiger partial charge in [-0.25, -0.2) is 0 Å². The predicted octanol–water partition coefficient (Wildman–Crippen LogP) is 3.97. The van der Waals surface area contributed by atoms with Crippen molar-refractivity contribution in [3.63, 3.8) is 0 Å². The van der Waals surface area contributed by atoms with Gasteiger partial charge < -0.3 is 0 Å². The van der Waals surface area contributed by atoms with E-state index < -0.39 is 0 Å². The average Bonchev–Trinajstić information content (AvgIpc) is 2.13. The third-order valence-electron chi connectivity index (χ3n) is 1.99. The second-order valence-corrected chi connectivity index (χ2v) is 6.18. The van der Waals surface area contributed by atoms with E-state index in [4.69, 9.17) is 0 Å². The van der Waals surface area contributed by atoms with Gasteiger partial charge in [0.25, 0.3) is 0 Å². The van der Waals surface area contributed by atoms with Gasteiger partial charge in [-0.3, -0.25) is 9.59 Å². The minimum absolute atomic E-state index is 0.0949. The zero-order valence-corrected chi connectivity index (χ0v) is 12.3. The Morgan fingerprint density at radius 3 is 1.29 bits per heavy atom. The van der Waals surface area contributed by atoms with E-state index in [-0.39, 0.29) is 22.4 Å². The lowest BCUT2D eigenvalue weighted by Gasteiger charge is -2.15. The van der Waals surface area contributed by atoms with E-state index in [1.807, 2.05) is 41.5 Å². The van der Waals surface area contributed by atoms with Crippen LogP contribution in [0.15, 0.2) is 24.8 Å². The molecule has 0 aromatic rings. The summed E-state index contributed by atoms with van der Waals surface area (Å²) in [5.41, 5.74) is 0.135. The highest BCUT2D eigenvalue weighted by atomic mass is 16.1. The van der Waals surface area contributed by atoms with E-state index in [1.54, 1.807) is 6.92 Å². The summed E-state index contributed by atoms with van der Waals surface area (Å²) in [5, 5.41) is 0. The largest absolute Gasteiger partial charge is 0.294 e. The van der Waals surface area contributed by atoms with Crippen molar-refractivity contribution in [3.8, 4) is 0 Å². The molecule has 0 spiro atoms. The Bertz CT molecular complexity index is 309. The third kappa shape index (κ3) is 8.61. The van der Waals surface area contributed by atoms with Crippen LogP contribution in [0.1, 0.15) is 48.5 Å². The van der Waals surface area contributed by atoms with E-state index in [0.717, 1.165) is 0 Å². The Balaban J connectivity index is 0. The van der Waals surface area contributed by atoms with Gasteiger partial charge in [0, 0.05) is 10.8 Å². The van der Waals surface area contributed by atoms with Crippen LogP contribution in [0, 0.1) is 10.8 Å². The molecular weight excluding hydrogens is 212 g/mol. The molecule has 0 aliphatic heterocycles. The van der Waals surface area contributed by atoms with Crippen molar-refractivity contribution in [2.75, 3.05) is 0 Å². The number of hydrogen-bond acceptors (Lipinski definition) is 2. The maximum atomic E-state index is 11.1. The lowest BCUT2D eigenvalue weighted by atomic mass is 9.87. The van der Waals surface area contributed by atoms with E-state index in [0.29, 0.717) is 5.57 Å². The van der Waals surface area contributed by atoms with Crippen LogP contribution in [0.5, 0.6) is 0 Å². The molecule has 0 aliphatic carbocycles. The number of rotatable bonds is 2. The minimum Gasteiger partial charge on any atom is -0.294 e. The van der Waals surface area contributed by atoms with Crippen LogP contribution < -0.4 is 0 Å². The van der Waals surface area contributed by atoms with Crippen LogP contribution in [0.3, 0.4) is 0 Å². The van der Waals surface area contributed by atoms with Crippen molar-refractivity contribution >= 4 is 11.6 Å². The Morgan fingerprint density at radius 1 is 0.941 bits per heavy atom. The van der Waals surface area contributed by atoms with Gasteiger partial charge in [-0.2, -0.15) is 0 Å². The van der Waals surface area contributed by atoms with E-state index in [2.05, 4.69) is 13.2 Å². The molecule has 0 rings (SSSR count). The summed E-state index contributed by atoms with van der Waals surface area (Å²) in [5.74, 6) is 0.236. The molecule has 0 radical (unpaired) electrons. The highest BCUT2D eigenvalue weighted by Gasteiger charge is 2.20. The van der Waals surface area contributed by atoms with Crippen LogP contribution in [-0.4, -0.2) is 11.6 Å². The molecule has 2 nitrogen and oxygen atoms in total. The number of hydrogen-bond donors (Lipinski definition) is 0. The summed E-state index contributed by atoms with van der Waals surface area (Å²) in [6.45, 7) is 20.0. The molecule has 0 N–H and O–H groups in total. The van der Waals surface area contributed by atoms with Crippen LogP contribution in [-0.2, 0) is 9.59 Å². The highest BCUT2D eigenvalue weighted by molar-refractivity contribution is 5.97. The molecule has 17 heavy (non-hydrogen) atoms. The zero-order valence-electron chi connectivity index (χ0n) is 12.3. The fraction of sp³-hybridized carbons (Fsp3) is 0.600. The van der Waals surface area contributed by atoms with Crippen molar-refractivity contribution in [1.29, 1.82) is 0 Å². The number of carbonyl (C=O) groups excluding carboxylic acids is 2. The quantitative estimate of drug-likeness (QED) is 0.682. The lowest BCUT2D eigenvalue weighted by molar-refractivity contribution is -0.122. The molecule has 0 amide bonds. The molecule has 0 aliphatic rings. The maximum Gasteiger partial charge on any atom is 0.163 e. The summed E-state index contributed by atoms with van der Waals surface area (Å²) in [4.78, 5) is 21.8. The van der Waals surface area contributed by atoms with Gasteiger partial charge in [0.15, 0.2) is 11.6 Å². The molecule has 0 aromatic heterocycles. The van der Waals surface area contributed by atoms with Gasteiger partial charge in [0.2, 0.25) is 0 Å². The van der Waals surface area contributed by atoms with Crippen LogP contribution in [0.2, 0.25) is 0 Å². The summed E-state index contributed by atoms with van der Waals surface area (Å²) < 4.78 is 0.